The second kappa shape index (κ2) is 4.66. The molecule has 88 valence electrons. The quantitative estimate of drug-likeness (QED) is 0.682. The summed E-state index contributed by atoms with van der Waals surface area (Å²) in [5, 5.41) is 8.03. The highest BCUT2D eigenvalue weighted by Crippen LogP contribution is 2.20. The van der Waals surface area contributed by atoms with Crippen LogP contribution in [0.3, 0.4) is 0 Å². The van der Waals surface area contributed by atoms with Crippen molar-refractivity contribution in [2.45, 2.75) is 0 Å². The maximum absolute atomic E-state index is 4.23. The normalized spacial score (nSPS) is 10.5. The summed E-state index contributed by atoms with van der Waals surface area (Å²) < 4.78 is 2.47. The zero-order valence-corrected chi connectivity index (χ0v) is 10.8. The molecule has 2 heterocycles. The van der Waals surface area contributed by atoms with Crippen LogP contribution in [0.2, 0.25) is 0 Å². The number of nitrogens with zero attached hydrogens (tertiary/aromatic N) is 5. The molecule has 0 saturated heterocycles. The Kier molecular flexibility index (Phi) is 2.85. The summed E-state index contributed by atoms with van der Waals surface area (Å²) in [6.07, 6.45) is 3.18. The van der Waals surface area contributed by atoms with Crippen LogP contribution in [0, 0.1) is 0 Å². The summed E-state index contributed by atoms with van der Waals surface area (Å²) in [4.78, 5) is 8.23. The molecule has 0 saturated carbocycles. The highest BCUT2D eigenvalue weighted by atomic mass is 79.9. The summed E-state index contributed by atoms with van der Waals surface area (Å²) in [5.41, 5.74) is 2.54. The average Bonchev–Trinajstić information content (AvgIpc) is 2.89. The van der Waals surface area contributed by atoms with Gasteiger partial charge in [0.05, 0.1) is 17.6 Å². The molecule has 2 aromatic heterocycles. The summed E-state index contributed by atoms with van der Waals surface area (Å²) >= 11 is 3.33. The van der Waals surface area contributed by atoms with Crippen LogP contribution in [0.15, 0.2) is 53.5 Å². The zero-order valence-electron chi connectivity index (χ0n) is 9.23. The fourth-order valence-corrected chi connectivity index (χ4v) is 1.95. The first-order chi connectivity index (χ1) is 8.84. The molecule has 0 N–H and O–H groups in total. The molecule has 0 atom stereocenters. The lowest BCUT2D eigenvalue weighted by molar-refractivity contribution is 0.806. The number of hydrogen-bond acceptors (Lipinski definition) is 4. The minimum Gasteiger partial charge on any atom is -0.235 e. The number of halogens is 1. The molecule has 3 rings (SSSR count). The second-order valence-corrected chi connectivity index (χ2v) is 4.41. The molecule has 0 spiro atoms. The van der Waals surface area contributed by atoms with Crippen LogP contribution in [0.4, 0.5) is 0 Å². The van der Waals surface area contributed by atoms with Gasteiger partial charge in [-0.25, -0.2) is 14.6 Å². The second-order valence-electron chi connectivity index (χ2n) is 3.59. The Morgan fingerprint density at radius 1 is 1.06 bits per heavy atom. The van der Waals surface area contributed by atoms with Crippen LogP contribution < -0.4 is 0 Å². The average molecular weight is 302 g/mol. The van der Waals surface area contributed by atoms with Crippen molar-refractivity contribution in [2.75, 3.05) is 0 Å². The topological polar surface area (TPSA) is 56.5 Å². The Hall–Kier alpha value is -2.08. The lowest BCUT2D eigenvalue weighted by atomic mass is 10.3. The fourth-order valence-electron chi connectivity index (χ4n) is 1.64. The van der Waals surface area contributed by atoms with E-state index >= 15 is 0 Å². The molecule has 0 aliphatic rings. The molecule has 3 aromatic rings. The Labute approximate surface area is 112 Å². The van der Waals surface area contributed by atoms with Gasteiger partial charge in [0.15, 0.2) is 0 Å². The Bertz CT molecular complexity index is 665. The number of para-hydroxylation sites is 1. The van der Waals surface area contributed by atoms with E-state index in [0.717, 1.165) is 21.7 Å². The van der Waals surface area contributed by atoms with Crippen molar-refractivity contribution < 1.29 is 0 Å². The molecule has 0 aliphatic carbocycles. The van der Waals surface area contributed by atoms with Gasteiger partial charge in [0.1, 0.15) is 16.6 Å². The molecular formula is C12H8BrN5. The largest absolute Gasteiger partial charge is 0.235 e. The van der Waals surface area contributed by atoms with Crippen LogP contribution >= 0.6 is 15.9 Å². The monoisotopic (exact) mass is 301 g/mol. The van der Waals surface area contributed by atoms with E-state index in [1.165, 1.54) is 6.33 Å². The van der Waals surface area contributed by atoms with Crippen molar-refractivity contribution in [1.29, 1.82) is 0 Å². The van der Waals surface area contributed by atoms with Crippen molar-refractivity contribution in [3.05, 3.63) is 53.5 Å². The van der Waals surface area contributed by atoms with Gasteiger partial charge in [0.25, 0.3) is 0 Å². The van der Waals surface area contributed by atoms with Gasteiger partial charge >= 0.3 is 0 Å². The summed E-state index contributed by atoms with van der Waals surface area (Å²) in [6.45, 7) is 0. The molecule has 0 unspecified atom stereocenters. The van der Waals surface area contributed by atoms with Gasteiger partial charge in [0.2, 0.25) is 0 Å². The van der Waals surface area contributed by atoms with E-state index in [2.05, 4.69) is 36.2 Å². The van der Waals surface area contributed by atoms with Gasteiger partial charge < -0.3 is 0 Å². The van der Waals surface area contributed by atoms with Crippen molar-refractivity contribution in [3.8, 4) is 17.1 Å². The van der Waals surface area contributed by atoms with Gasteiger partial charge in [-0.2, -0.15) is 0 Å². The third-order valence-corrected chi connectivity index (χ3v) is 2.88. The lowest BCUT2D eigenvalue weighted by Crippen LogP contribution is -2.00. The molecule has 0 bridgehead atoms. The van der Waals surface area contributed by atoms with Crippen LogP contribution in [0.1, 0.15) is 0 Å². The Morgan fingerprint density at radius 2 is 1.89 bits per heavy atom. The predicted octanol–water partition coefficient (Wildman–Crippen LogP) is 2.49. The highest BCUT2D eigenvalue weighted by Gasteiger charge is 2.10. The zero-order chi connectivity index (χ0) is 12.4. The summed E-state index contributed by atoms with van der Waals surface area (Å²) in [6, 6.07) is 11.6. The molecule has 0 fully saturated rings. The smallest absolute Gasteiger partial charge is 0.117 e. The lowest BCUT2D eigenvalue weighted by Gasteiger charge is -2.05. The summed E-state index contributed by atoms with van der Waals surface area (Å²) in [5.74, 6) is 0. The molecule has 1 aromatic carbocycles. The Morgan fingerprint density at radius 3 is 2.67 bits per heavy atom. The Balaban J connectivity index is 2.13. The maximum Gasteiger partial charge on any atom is 0.117 e. The van der Waals surface area contributed by atoms with Gasteiger partial charge in [-0.3, -0.25) is 0 Å². The minimum atomic E-state index is 0.730. The first kappa shape index (κ1) is 11.0. The van der Waals surface area contributed by atoms with Gasteiger partial charge in [-0.15, -0.1) is 5.10 Å². The summed E-state index contributed by atoms with van der Waals surface area (Å²) in [7, 11) is 0. The highest BCUT2D eigenvalue weighted by molar-refractivity contribution is 9.10. The number of rotatable bonds is 2. The van der Waals surface area contributed by atoms with E-state index in [4.69, 9.17) is 0 Å². The van der Waals surface area contributed by atoms with Gasteiger partial charge in [-0.05, 0) is 34.1 Å². The molecule has 0 aliphatic heterocycles. The van der Waals surface area contributed by atoms with E-state index in [-0.39, 0.29) is 0 Å². The third kappa shape index (κ3) is 2.02. The van der Waals surface area contributed by atoms with Crippen molar-refractivity contribution >= 4 is 15.9 Å². The van der Waals surface area contributed by atoms with Crippen LogP contribution in [-0.4, -0.2) is 25.0 Å². The fraction of sp³-hybridized carbons (Fsp3) is 0. The molecule has 6 heteroatoms. The molecule has 0 radical (unpaired) electrons. The first-order valence-corrected chi connectivity index (χ1v) is 6.08. The molecule has 18 heavy (non-hydrogen) atoms. The third-order valence-electron chi connectivity index (χ3n) is 2.45. The SMILES string of the molecule is Brc1cc(-c2cnnn2-c2ccccc2)ncn1. The molecular weight excluding hydrogens is 294 g/mol. The van der Waals surface area contributed by atoms with Crippen LogP contribution in [0.5, 0.6) is 0 Å². The van der Waals surface area contributed by atoms with Gasteiger partial charge in [-0.1, -0.05) is 23.4 Å². The maximum atomic E-state index is 4.23. The number of hydrogen-bond donors (Lipinski definition) is 0. The van der Waals surface area contributed by atoms with E-state index in [9.17, 15) is 0 Å². The van der Waals surface area contributed by atoms with Gasteiger partial charge in [0, 0.05) is 0 Å². The van der Waals surface area contributed by atoms with E-state index in [1.807, 2.05) is 36.4 Å². The predicted molar refractivity (Wildman–Crippen MR) is 70.1 cm³/mol. The molecule has 5 nitrogen and oxygen atoms in total. The minimum absolute atomic E-state index is 0.730. The van der Waals surface area contributed by atoms with Crippen molar-refractivity contribution in [1.82, 2.24) is 25.0 Å². The van der Waals surface area contributed by atoms with Crippen molar-refractivity contribution in [2.24, 2.45) is 0 Å². The molecule has 0 amide bonds. The number of benzene rings is 1. The van der Waals surface area contributed by atoms with Crippen LogP contribution in [0.25, 0.3) is 17.1 Å². The van der Waals surface area contributed by atoms with E-state index < -0.39 is 0 Å². The first-order valence-electron chi connectivity index (χ1n) is 5.28. The standard InChI is InChI=1S/C12H8BrN5/c13-12-6-10(14-8-15-12)11-7-16-17-18(11)9-4-2-1-3-5-9/h1-8H. The van der Waals surface area contributed by atoms with E-state index in [1.54, 1.807) is 10.9 Å². The van der Waals surface area contributed by atoms with Crippen LogP contribution in [-0.2, 0) is 0 Å². The van der Waals surface area contributed by atoms with Crippen molar-refractivity contribution in [3.63, 3.8) is 0 Å². The number of aromatic nitrogens is 5. The van der Waals surface area contributed by atoms with E-state index in [0.29, 0.717) is 0 Å².